The Bertz CT molecular complexity index is 833. The van der Waals surface area contributed by atoms with E-state index in [1.54, 1.807) is 16.8 Å². The predicted molar refractivity (Wildman–Crippen MR) is 94.8 cm³/mol. The number of carboxylic acids is 1. The molecular weight excluding hydrogens is 407 g/mol. The van der Waals surface area contributed by atoms with Crippen LogP contribution in [0.25, 0.3) is 5.69 Å². The zero-order valence-corrected chi connectivity index (χ0v) is 14.1. The average Bonchev–Trinajstić information content (AvgIpc) is 3.02. The summed E-state index contributed by atoms with van der Waals surface area (Å²) in [6.07, 6.45) is 1.50. The van der Waals surface area contributed by atoms with Gasteiger partial charge in [0.1, 0.15) is 6.33 Å². The third-order valence-corrected chi connectivity index (χ3v) is 3.84. The van der Waals surface area contributed by atoms with Crippen molar-refractivity contribution in [2.45, 2.75) is 6.54 Å². The SMILES string of the molecule is O=C(O)c1cc(I)cc(NCc2ncnn2-c2ccccc2)c1. The fraction of sp³-hybridized carbons (Fsp3) is 0.0625. The lowest BCUT2D eigenvalue weighted by atomic mass is 10.2. The smallest absolute Gasteiger partial charge is 0.335 e. The molecule has 116 valence electrons. The van der Waals surface area contributed by atoms with Crippen LogP contribution >= 0.6 is 22.6 Å². The number of hydrogen-bond donors (Lipinski definition) is 2. The molecule has 2 N–H and O–H groups in total. The van der Waals surface area contributed by atoms with Crippen LogP contribution in [0.2, 0.25) is 0 Å². The number of rotatable bonds is 5. The fourth-order valence-corrected chi connectivity index (χ4v) is 2.84. The van der Waals surface area contributed by atoms with Crippen molar-refractivity contribution < 1.29 is 9.90 Å². The van der Waals surface area contributed by atoms with Crippen LogP contribution < -0.4 is 5.32 Å². The molecule has 1 heterocycles. The zero-order valence-electron chi connectivity index (χ0n) is 12.0. The van der Waals surface area contributed by atoms with Crippen LogP contribution in [0, 0.1) is 3.57 Å². The summed E-state index contributed by atoms with van der Waals surface area (Å²) in [6, 6.07) is 14.8. The summed E-state index contributed by atoms with van der Waals surface area (Å²) in [7, 11) is 0. The van der Waals surface area contributed by atoms with Gasteiger partial charge in [0.2, 0.25) is 0 Å². The van der Waals surface area contributed by atoms with Crippen molar-refractivity contribution in [3.8, 4) is 5.69 Å². The lowest BCUT2D eigenvalue weighted by Gasteiger charge is -2.09. The van der Waals surface area contributed by atoms with Crippen molar-refractivity contribution in [1.82, 2.24) is 14.8 Å². The minimum Gasteiger partial charge on any atom is -0.478 e. The van der Waals surface area contributed by atoms with Crippen molar-refractivity contribution in [2.24, 2.45) is 0 Å². The highest BCUT2D eigenvalue weighted by Gasteiger charge is 2.09. The lowest BCUT2D eigenvalue weighted by Crippen LogP contribution is -2.09. The maximum absolute atomic E-state index is 11.1. The molecule has 23 heavy (non-hydrogen) atoms. The number of halogens is 1. The first-order chi connectivity index (χ1) is 11.1. The second-order valence-electron chi connectivity index (χ2n) is 4.81. The Morgan fingerprint density at radius 3 is 2.74 bits per heavy atom. The number of aromatic carboxylic acids is 1. The van der Waals surface area contributed by atoms with Crippen LogP contribution in [0.3, 0.4) is 0 Å². The Labute approximate surface area is 146 Å². The summed E-state index contributed by atoms with van der Waals surface area (Å²) in [5, 5.41) is 16.6. The van der Waals surface area contributed by atoms with E-state index in [1.165, 1.54) is 6.33 Å². The summed E-state index contributed by atoms with van der Waals surface area (Å²) < 4.78 is 2.61. The van der Waals surface area contributed by atoms with Crippen molar-refractivity contribution in [3.05, 3.63) is 69.8 Å². The monoisotopic (exact) mass is 420 g/mol. The van der Waals surface area contributed by atoms with Gasteiger partial charge in [-0.1, -0.05) is 18.2 Å². The van der Waals surface area contributed by atoms with Crippen molar-refractivity contribution in [1.29, 1.82) is 0 Å². The first-order valence-corrected chi connectivity index (χ1v) is 7.93. The number of nitrogens with one attached hydrogen (secondary N) is 1. The van der Waals surface area contributed by atoms with E-state index < -0.39 is 5.97 Å². The number of carbonyl (C=O) groups is 1. The predicted octanol–water partition coefficient (Wildman–Crippen LogP) is 3.18. The van der Waals surface area contributed by atoms with E-state index in [2.05, 4.69) is 38.0 Å². The third kappa shape index (κ3) is 3.67. The van der Waals surface area contributed by atoms with Gasteiger partial charge in [0.25, 0.3) is 0 Å². The van der Waals surface area contributed by atoms with Gasteiger partial charge in [-0.25, -0.2) is 14.5 Å². The first-order valence-electron chi connectivity index (χ1n) is 6.85. The summed E-state index contributed by atoms with van der Waals surface area (Å²) >= 11 is 2.10. The molecule has 0 fully saturated rings. The maximum Gasteiger partial charge on any atom is 0.335 e. The summed E-state index contributed by atoms with van der Waals surface area (Å²) in [5.74, 6) is -0.203. The highest BCUT2D eigenvalue weighted by molar-refractivity contribution is 14.1. The summed E-state index contributed by atoms with van der Waals surface area (Å²) in [6.45, 7) is 0.439. The van der Waals surface area contributed by atoms with E-state index in [0.717, 1.165) is 20.8 Å². The molecule has 2 aromatic carbocycles. The molecule has 0 atom stereocenters. The number of anilines is 1. The quantitative estimate of drug-likeness (QED) is 0.620. The molecule has 0 unspecified atom stereocenters. The Hall–Kier alpha value is -2.42. The van der Waals surface area contributed by atoms with Gasteiger partial charge < -0.3 is 10.4 Å². The minimum absolute atomic E-state index is 0.254. The molecule has 1 aromatic heterocycles. The molecule has 0 bridgehead atoms. The van der Waals surface area contributed by atoms with E-state index in [1.807, 2.05) is 36.4 Å². The number of hydrogen-bond acceptors (Lipinski definition) is 4. The summed E-state index contributed by atoms with van der Waals surface area (Å²) in [5.41, 5.74) is 1.91. The molecule has 0 aliphatic heterocycles. The second kappa shape index (κ2) is 6.78. The van der Waals surface area contributed by atoms with Crippen LogP contribution in [0.4, 0.5) is 5.69 Å². The number of para-hydroxylation sites is 1. The highest BCUT2D eigenvalue weighted by Crippen LogP contribution is 2.18. The first kappa shape index (κ1) is 15.5. The molecular formula is C16H13IN4O2. The molecule has 3 rings (SSSR count). The van der Waals surface area contributed by atoms with Gasteiger partial charge in [-0.15, -0.1) is 0 Å². The van der Waals surface area contributed by atoms with Crippen molar-refractivity contribution in [2.75, 3.05) is 5.32 Å². The van der Waals surface area contributed by atoms with E-state index in [0.29, 0.717) is 6.54 Å². The molecule has 0 aliphatic carbocycles. The molecule has 0 spiro atoms. The molecule has 0 saturated heterocycles. The Morgan fingerprint density at radius 1 is 1.22 bits per heavy atom. The van der Waals surface area contributed by atoms with Crippen molar-refractivity contribution >= 4 is 34.2 Å². The van der Waals surface area contributed by atoms with Crippen LogP contribution in [-0.2, 0) is 6.54 Å². The zero-order chi connectivity index (χ0) is 16.2. The van der Waals surface area contributed by atoms with Gasteiger partial charge >= 0.3 is 5.97 Å². The average molecular weight is 420 g/mol. The van der Waals surface area contributed by atoms with Gasteiger partial charge in [0.15, 0.2) is 5.82 Å². The maximum atomic E-state index is 11.1. The highest BCUT2D eigenvalue weighted by atomic mass is 127. The van der Waals surface area contributed by atoms with Gasteiger partial charge in [0, 0.05) is 9.26 Å². The van der Waals surface area contributed by atoms with Crippen LogP contribution in [0.15, 0.2) is 54.9 Å². The topological polar surface area (TPSA) is 80.0 Å². The standard InChI is InChI=1S/C16H13IN4O2/c17-12-6-11(16(22)23)7-13(8-12)18-9-15-19-10-20-21(15)14-4-2-1-3-5-14/h1-8,10,18H,9H2,(H,22,23). The van der Waals surface area contributed by atoms with Crippen LogP contribution in [0.5, 0.6) is 0 Å². The fourth-order valence-electron chi connectivity index (χ4n) is 2.17. The molecule has 0 saturated carbocycles. The number of aromatic nitrogens is 3. The number of nitrogens with zero attached hydrogens (tertiary/aromatic N) is 3. The molecule has 0 radical (unpaired) electrons. The Kier molecular flexibility index (Phi) is 4.56. The molecule has 7 heteroatoms. The van der Waals surface area contributed by atoms with E-state index >= 15 is 0 Å². The normalized spacial score (nSPS) is 10.5. The van der Waals surface area contributed by atoms with Gasteiger partial charge in [-0.05, 0) is 52.9 Å². The largest absolute Gasteiger partial charge is 0.478 e. The Balaban J connectivity index is 1.80. The molecule has 0 aliphatic rings. The van der Waals surface area contributed by atoms with E-state index in [9.17, 15) is 4.79 Å². The lowest BCUT2D eigenvalue weighted by molar-refractivity contribution is 0.0697. The molecule has 3 aromatic rings. The molecule has 0 amide bonds. The number of benzene rings is 2. The summed E-state index contributed by atoms with van der Waals surface area (Å²) in [4.78, 5) is 15.4. The molecule has 6 nitrogen and oxygen atoms in total. The number of carboxylic acid groups (broad SMARTS) is 1. The van der Waals surface area contributed by atoms with Crippen molar-refractivity contribution in [3.63, 3.8) is 0 Å². The van der Waals surface area contributed by atoms with Gasteiger partial charge in [0.05, 0.1) is 17.8 Å². The minimum atomic E-state index is -0.945. The third-order valence-electron chi connectivity index (χ3n) is 3.21. The van der Waals surface area contributed by atoms with Crippen LogP contribution in [-0.4, -0.2) is 25.8 Å². The second-order valence-corrected chi connectivity index (χ2v) is 6.06. The van der Waals surface area contributed by atoms with Gasteiger partial charge in [-0.3, -0.25) is 0 Å². The van der Waals surface area contributed by atoms with Crippen LogP contribution in [0.1, 0.15) is 16.2 Å². The Morgan fingerprint density at radius 2 is 2.00 bits per heavy atom. The van der Waals surface area contributed by atoms with E-state index in [-0.39, 0.29) is 5.56 Å². The van der Waals surface area contributed by atoms with E-state index in [4.69, 9.17) is 5.11 Å². The van der Waals surface area contributed by atoms with Gasteiger partial charge in [-0.2, -0.15) is 5.10 Å².